The molecule has 0 aliphatic heterocycles. The van der Waals surface area contributed by atoms with E-state index in [2.05, 4.69) is 152 Å². The maximum atomic E-state index is 12.7. The van der Waals surface area contributed by atoms with Gasteiger partial charge in [0.15, 0.2) is 0 Å². The summed E-state index contributed by atoms with van der Waals surface area (Å²) in [4.78, 5) is 129. The molecule has 10 aromatic rings. The fraction of sp³-hybridized carbons (Fsp3) is 0.262. The van der Waals surface area contributed by atoms with Crippen molar-refractivity contribution in [1.29, 1.82) is 0 Å². The Bertz CT molecular complexity index is 5800. The van der Waals surface area contributed by atoms with Crippen LogP contribution in [0.15, 0.2) is 280 Å². The summed E-state index contributed by atoms with van der Waals surface area (Å²) in [6.45, 7) is 20.2. The summed E-state index contributed by atoms with van der Waals surface area (Å²) in [5.41, 5.74) is 9.05. The van der Waals surface area contributed by atoms with Gasteiger partial charge in [-0.15, -0.1) is 0 Å². The molecule has 0 saturated carbocycles. The van der Waals surface area contributed by atoms with Gasteiger partial charge in [-0.1, -0.05) is 215 Å². The summed E-state index contributed by atoms with van der Waals surface area (Å²) >= 11 is 18.5. The minimum atomic E-state index is -0.501. The molecule has 0 fully saturated rings. The molecule has 10 amide bonds. The van der Waals surface area contributed by atoms with Gasteiger partial charge in [0.25, 0.3) is 59.1 Å². The summed E-state index contributed by atoms with van der Waals surface area (Å²) in [7, 11) is 1.55. The fourth-order valence-electron chi connectivity index (χ4n) is 11.7. The van der Waals surface area contributed by atoms with Crippen LogP contribution in [0.25, 0.3) is 30.4 Å². The van der Waals surface area contributed by atoms with E-state index in [1.54, 1.807) is 220 Å². The van der Waals surface area contributed by atoms with E-state index in [1.165, 1.54) is 0 Å². The number of halogens is 4. The monoisotopic (exact) mass is 2080 g/mol. The molecule has 0 spiro atoms. The molecular formula is C107H121Br2Cl2N11O18. The number of amides is 10. The molecule has 10 rings (SSSR count). The Balaban J connectivity index is 0.000000268. The number of aromatic nitrogens is 1. The molecule has 1 heterocycles. The van der Waals surface area contributed by atoms with E-state index >= 15 is 0 Å². The Morgan fingerprint density at radius 2 is 0.657 bits per heavy atom. The molecule has 0 bridgehead atoms. The van der Waals surface area contributed by atoms with Crippen LogP contribution in [-0.4, -0.2) is 176 Å². The SMILES string of the molecule is CC(C)(C)c1ccc(C(=O)N/C(=C\c2ccc(Br)cc2)C(=O)NCCO)cc1.CC(C)(C)c1ccc(C(=O)N/C(=C\c2cccnc2)C(=O)NCCO)cc1.CC(C)COc1ccc(C(=O)N/C(=C\c2ccc(Cl)cc2)C(=O)NCCO)cc1.CCCCOc1ccc(C(=O)N/C(=C\c2ccc(Cl)cc2)C(=O)NCCOC)cc1.O=C(NCCO)/C(=C/c1ccc(Br)cc1)NC(=O)c1ccc(CO)cc1. The van der Waals surface area contributed by atoms with Gasteiger partial charge in [-0.2, -0.15) is 0 Å². The Morgan fingerprint density at radius 1 is 0.371 bits per heavy atom. The Labute approximate surface area is 843 Å². The van der Waals surface area contributed by atoms with Crippen molar-refractivity contribution in [2.24, 2.45) is 5.92 Å². The first-order chi connectivity index (χ1) is 67.0. The number of carbonyl (C=O) groups excluding carboxylic acids is 10. The topological polar surface area (TPSA) is 433 Å². The first-order valence-electron chi connectivity index (χ1n) is 44.7. The molecular weight excluding hydrogens is 1960 g/mol. The van der Waals surface area contributed by atoms with Gasteiger partial charge in [-0.3, -0.25) is 52.9 Å². The standard InChI is InChI=1S/C23H27ClN2O4.C22H25BrN2O3.C22H25ClN2O4.C21H25N3O3.C19H19BrN2O4/c1-3-4-14-30-20-11-7-18(8-12-20)22(27)26-21(23(28)25-13-15-29-2)16-17-5-9-19(24)10-6-17;1-22(2,3)17-8-6-16(7-9-17)20(27)25-19(21(28)24-12-13-26)14-15-4-10-18(23)11-5-15;1-15(2)14-29-19-9-5-17(6-10-19)21(27)25-20(22(28)24-11-12-26)13-16-3-7-18(23)8-4-16;1-21(2,3)17-8-6-16(7-9-17)19(26)24-18(20(27)23-11-12-25)13-15-5-4-10-22-14-15;20-16-7-3-13(4-8-16)11-17(19(26)21-9-10-23)22-18(25)15-5-1-14(12-24)2-6-15/h5-12,16H,3-4,13-15H2,1-2H3,(H,25,28)(H,26,27);4-11,14,26H,12-13H2,1-3H3,(H,24,28)(H,25,27);3-10,13,15,26H,11-12,14H2,1-2H3,(H,24,28)(H,25,27);4-10,13-14,25H,11-12H2,1-3H3,(H,23,27)(H,24,26);1-8,11,23-24H,9-10,12H2,(H,21,26)(H,22,25)/b21-16-;19-14-;20-13-;18-13-;17-11-. The number of rotatable bonds is 39. The predicted molar refractivity (Wildman–Crippen MR) is 554 cm³/mol. The summed E-state index contributed by atoms with van der Waals surface area (Å²) in [6.07, 6.45) is 13.1. The molecule has 140 heavy (non-hydrogen) atoms. The molecule has 33 heteroatoms. The maximum absolute atomic E-state index is 12.7. The van der Waals surface area contributed by atoms with Gasteiger partial charge >= 0.3 is 0 Å². The van der Waals surface area contributed by atoms with Crippen LogP contribution in [0.2, 0.25) is 10.0 Å². The summed E-state index contributed by atoms with van der Waals surface area (Å²) in [5, 5.41) is 72.0. The minimum absolute atomic E-state index is 0.00810. The highest BCUT2D eigenvalue weighted by Gasteiger charge is 2.23. The first kappa shape index (κ1) is 115. The number of aliphatic hydroxyl groups is 5. The summed E-state index contributed by atoms with van der Waals surface area (Å²) in [5.74, 6) is -2.60. The molecule has 9 aromatic carbocycles. The second kappa shape index (κ2) is 61.7. The normalized spacial score (nSPS) is 11.4. The van der Waals surface area contributed by atoms with E-state index in [4.69, 9.17) is 62.9 Å². The molecule has 0 aliphatic carbocycles. The van der Waals surface area contributed by atoms with E-state index in [9.17, 15) is 47.9 Å². The van der Waals surface area contributed by atoms with Crippen LogP contribution in [0.1, 0.15) is 171 Å². The molecule has 0 saturated heterocycles. The first-order valence-corrected chi connectivity index (χ1v) is 47.1. The zero-order valence-corrected chi connectivity index (χ0v) is 84.4. The van der Waals surface area contributed by atoms with Gasteiger partial charge in [0.2, 0.25) is 0 Å². The van der Waals surface area contributed by atoms with E-state index in [0.29, 0.717) is 98.3 Å². The van der Waals surface area contributed by atoms with E-state index in [0.717, 1.165) is 49.6 Å². The largest absolute Gasteiger partial charge is 0.494 e. The number of hydrogen-bond acceptors (Lipinski definition) is 19. The highest BCUT2D eigenvalue weighted by Crippen LogP contribution is 2.26. The lowest BCUT2D eigenvalue weighted by molar-refractivity contribution is -0.118. The van der Waals surface area contributed by atoms with Crippen LogP contribution in [0.5, 0.6) is 11.5 Å². The number of ether oxygens (including phenoxy) is 3. The Hall–Kier alpha value is -13.6. The number of carbonyl (C=O) groups is 10. The van der Waals surface area contributed by atoms with Gasteiger partial charge < -0.3 is 92.9 Å². The minimum Gasteiger partial charge on any atom is -0.494 e. The molecule has 740 valence electrons. The zero-order chi connectivity index (χ0) is 103. The van der Waals surface area contributed by atoms with Crippen molar-refractivity contribution in [1.82, 2.24) is 58.2 Å². The van der Waals surface area contributed by atoms with Gasteiger partial charge in [-0.05, 0) is 238 Å². The lowest BCUT2D eigenvalue weighted by Crippen LogP contribution is -2.36. The van der Waals surface area contributed by atoms with Crippen LogP contribution in [0.3, 0.4) is 0 Å². The van der Waals surface area contributed by atoms with Crippen molar-refractivity contribution in [2.75, 3.05) is 86.1 Å². The predicted octanol–water partition coefficient (Wildman–Crippen LogP) is 15.0. The highest BCUT2D eigenvalue weighted by molar-refractivity contribution is 9.10. The van der Waals surface area contributed by atoms with Gasteiger partial charge in [0.05, 0.1) is 52.9 Å². The second-order valence-corrected chi connectivity index (χ2v) is 35.9. The lowest BCUT2D eigenvalue weighted by Gasteiger charge is -2.19. The third-order valence-corrected chi connectivity index (χ3v) is 20.9. The Morgan fingerprint density at radius 3 is 0.929 bits per heavy atom. The van der Waals surface area contributed by atoms with Crippen LogP contribution < -0.4 is 62.6 Å². The van der Waals surface area contributed by atoms with Gasteiger partial charge in [0, 0.05) is 99.0 Å². The molecule has 1 aromatic heterocycles. The van der Waals surface area contributed by atoms with Crippen molar-refractivity contribution in [2.45, 2.75) is 92.6 Å². The van der Waals surface area contributed by atoms with Gasteiger partial charge in [0.1, 0.15) is 40.0 Å². The third kappa shape index (κ3) is 43.2. The average Bonchev–Trinajstić information content (AvgIpc) is 0.817. The highest BCUT2D eigenvalue weighted by atomic mass is 79.9. The number of nitrogens with zero attached hydrogens (tertiary/aromatic N) is 1. The lowest BCUT2D eigenvalue weighted by atomic mass is 9.86. The van der Waals surface area contributed by atoms with Crippen LogP contribution >= 0.6 is 55.1 Å². The fourth-order valence-corrected chi connectivity index (χ4v) is 12.5. The summed E-state index contributed by atoms with van der Waals surface area (Å²) < 4.78 is 18.0. The van der Waals surface area contributed by atoms with Crippen LogP contribution in [0, 0.1) is 5.92 Å². The van der Waals surface area contributed by atoms with Crippen molar-refractivity contribution in [3.8, 4) is 11.5 Å². The summed E-state index contributed by atoms with van der Waals surface area (Å²) in [6, 6.07) is 66.5. The van der Waals surface area contributed by atoms with Crippen molar-refractivity contribution < 1.29 is 87.7 Å². The molecule has 0 radical (unpaired) electrons. The smallest absolute Gasteiger partial charge is 0.267 e. The van der Waals surface area contributed by atoms with Gasteiger partial charge in [-0.25, -0.2) is 0 Å². The van der Waals surface area contributed by atoms with Crippen LogP contribution in [-0.2, 0) is 46.1 Å². The molecule has 0 atom stereocenters. The number of pyridine rings is 1. The van der Waals surface area contributed by atoms with E-state index < -0.39 is 47.3 Å². The van der Waals surface area contributed by atoms with Crippen molar-refractivity contribution in [3.63, 3.8) is 0 Å². The molecule has 0 aliphatic rings. The quantitative estimate of drug-likeness (QED) is 0.0126. The van der Waals surface area contributed by atoms with Crippen molar-refractivity contribution >= 4 is 145 Å². The second-order valence-electron chi connectivity index (χ2n) is 33.2. The van der Waals surface area contributed by atoms with Crippen LogP contribution in [0.4, 0.5) is 0 Å². The number of hydrogen-bond donors (Lipinski definition) is 15. The average molecular weight is 2080 g/mol. The van der Waals surface area contributed by atoms with E-state index in [1.807, 2.05) is 60.7 Å². The maximum Gasteiger partial charge on any atom is 0.267 e. The molecule has 15 N–H and O–H groups in total. The number of methoxy groups -OCH3 is 1. The molecule has 0 unspecified atom stereocenters. The number of unbranched alkanes of at least 4 members (excludes halogenated alkanes) is 1. The Kier molecular flexibility index (Phi) is 50.7. The van der Waals surface area contributed by atoms with E-state index in [-0.39, 0.29) is 110 Å². The third-order valence-electron chi connectivity index (χ3n) is 19.4. The number of benzene rings is 9. The molecule has 29 nitrogen and oxygen atoms in total. The number of nitrogens with one attached hydrogen (secondary N) is 10. The number of aliphatic hydroxyl groups excluding tert-OH is 5. The van der Waals surface area contributed by atoms with Crippen molar-refractivity contribution in [3.05, 3.63) is 363 Å². The zero-order valence-electron chi connectivity index (χ0n) is 79.7.